The summed E-state index contributed by atoms with van der Waals surface area (Å²) in [6.45, 7) is 0.362. The molecule has 9 nitrogen and oxygen atoms in total. The Morgan fingerprint density at radius 1 is 1.14 bits per heavy atom. The van der Waals surface area contributed by atoms with Crippen molar-refractivity contribution in [3.63, 3.8) is 0 Å². The maximum atomic E-state index is 12.2. The molecule has 3 rings (SSSR count). The zero-order chi connectivity index (χ0) is 20.1. The third-order valence-electron chi connectivity index (χ3n) is 4.20. The third-order valence-corrected chi connectivity index (χ3v) is 4.20. The first-order valence-corrected chi connectivity index (χ1v) is 8.50. The van der Waals surface area contributed by atoms with Gasteiger partial charge in [0, 0.05) is 23.4 Å². The number of benzene rings is 2. The fourth-order valence-electron chi connectivity index (χ4n) is 2.69. The van der Waals surface area contributed by atoms with Gasteiger partial charge >= 0.3 is 5.97 Å². The quantitative estimate of drug-likeness (QED) is 0.299. The highest BCUT2D eigenvalue weighted by atomic mass is 16.7. The second-order valence-electron chi connectivity index (χ2n) is 6.17. The van der Waals surface area contributed by atoms with Crippen molar-refractivity contribution >= 4 is 29.3 Å². The number of carbonyl (C=O) groups is 3. The molecule has 1 heterocycles. The Balaban J connectivity index is 1.55. The van der Waals surface area contributed by atoms with E-state index >= 15 is 0 Å². The van der Waals surface area contributed by atoms with Crippen molar-refractivity contribution in [3.8, 4) is 0 Å². The van der Waals surface area contributed by atoms with Crippen LogP contribution in [0, 0.1) is 5.41 Å². The molecule has 0 spiro atoms. The van der Waals surface area contributed by atoms with Gasteiger partial charge in [0.1, 0.15) is 11.9 Å². The van der Waals surface area contributed by atoms with Crippen molar-refractivity contribution < 1.29 is 19.2 Å². The Hall–Kier alpha value is -3.88. The van der Waals surface area contributed by atoms with E-state index in [0.717, 1.165) is 11.3 Å². The van der Waals surface area contributed by atoms with E-state index in [2.05, 4.69) is 16.1 Å². The number of hydrogen-bond donors (Lipinski definition) is 5. The largest absolute Gasteiger partial charge is 0.384 e. The zero-order valence-electron chi connectivity index (χ0n) is 14.8. The van der Waals surface area contributed by atoms with Crippen molar-refractivity contribution in [3.05, 3.63) is 65.2 Å². The fourth-order valence-corrected chi connectivity index (χ4v) is 2.69. The first kappa shape index (κ1) is 18.9. The number of amides is 2. The second-order valence-corrected chi connectivity index (χ2v) is 6.17. The van der Waals surface area contributed by atoms with E-state index in [0.29, 0.717) is 12.1 Å². The number of nitrogens with two attached hydrogens (primary N) is 1. The number of hydrogen-bond acceptors (Lipinski definition) is 6. The van der Waals surface area contributed by atoms with Crippen LogP contribution in [0.5, 0.6) is 0 Å². The predicted octanol–water partition coefficient (Wildman–Crippen LogP) is 0.659. The molecule has 144 valence electrons. The normalized spacial score (nSPS) is 15.3. The van der Waals surface area contributed by atoms with Gasteiger partial charge in [0.2, 0.25) is 5.91 Å². The molecule has 0 aromatic heterocycles. The van der Waals surface area contributed by atoms with Crippen molar-refractivity contribution in [1.29, 1.82) is 5.41 Å². The van der Waals surface area contributed by atoms with Gasteiger partial charge in [-0.2, -0.15) is 5.48 Å². The molecule has 2 aromatic rings. The molecular formula is C19H19N5O4. The van der Waals surface area contributed by atoms with Crippen LogP contribution in [0.15, 0.2) is 48.5 Å². The number of nitrogen functional groups attached to an aromatic ring is 1. The van der Waals surface area contributed by atoms with Gasteiger partial charge in [-0.25, -0.2) is 4.79 Å². The van der Waals surface area contributed by atoms with Crippen LogP contribution in [0.3, 0.4) is 0 Å². The van der Waals surface area contributed by atoms with E-state index in [4.69, 9.17) is 16.0 Å². The van der Waals surface area contributed by atoms with Crippen LogP contribution in [-0.4, -0.2) is 29.7 Å². The first-order valence-electron chi connectivity index (χ1n) is 8.50. The SMILES string of the molecule is N=C(N)c1ccc(C(=O)NOC(=O)CC2Nc3ccccc3CNC2=O)cc1. The summed E-state index contributed by atoms with van der Waals surface area (Å²) in [7, 11) is 0. The van der Waals surface area contributed by atoms with Gasteiger partial charge in [0.15, 0.2) is 0 Å². The van der Waals surface area contributed by atoms with Crippen molar-refractivity contribution in [2.45, 2.75) is 19.0 Å². The van der Waals surface area contributed by atoms with Crippen LogP contribution in [0.25, 0.3) is 0 Å². The number of rotatable bonds is 4. The van der Waals surface area contributed by atoms with E-state index < -0.39 is 17.9 Å². The number of anilines is 1. The minimum Gasteiger partial charge on any atom is -0.384 e. The van der Waals surface area contributed by atoms with Crippen LogP contribution in [0.4, 0.5) is 5.69 Å². The summed E-state index contributed by atoms with van der Waals surface area (Å²) in [5.41, 5.74) is 9.78. The third kappa shape index (κ3) is 4.44. The number of nitrogens with one attached hydrogen (secondary N) is 4. The predicted molar refractivity (Wildman–Crippen MR) is 101 cm³/mol. The van der Waals surface area contributed by atoms with Crippen LogP contribution in [-0.2, 0) is 21.0 Å². The average Bonchev–Trinajstić information content (AvgIpc) is 2.85. The number of hydroxylamine groups is 1. The van der Waals surface area contributed by atoms with Gasteiger partial charge in [-0.15, -0.1) is 0 Å². The highest BCUT2D eigenvalue weighted by molar-refractivity contribution is 5.98. The summed E-state index contributed by atoms with van der Waals surface area (Å²) in [6, 6.07) is 12.5. The summed E-state index contributed by atoms with van der Waals surface area (Å²) in [4.78, 5) is 41.1. The van der Waals surface area contributed by atoms with Crippen molar-refractivity contribution in [2.24, 2.45) is 5.73 Å². The summed E-state index contributed by atoms with van der Waals surface area (Å²) < 4.78 is 0. The van der Waals surface area contributed by atoms with Crippen LogP contribution < -0.4 is 21.8 Å². The first-order chi connectivity index (χ1) is 13.4. The number of amidine groups is 1. The highest BCUT2D eigenvalue weighted by Gasteiger charge is 2.26. The number of carbonyl (C=O) groups excluding carboxylic acids is 3. The minimum absolute atomic E-state index is 0.117. The molecule has 0 saturated carbocycles. The number of fused-ring (bicyclic) bond motifs is 1. The van der Waals surface area contributed by atoms with Gasteiger partial charge in [0.25, 0.3) is 5.91 Å². The molecule has 1 atom stereocenters. The number of para-hydroxylation sites is 1. The molecule has 0 radical (unpaired) electrons. The van der Waals surface area contributed by atoms with Gasteiger partial charge in [-0.05, 0) is 23.8 Å². The maximum Gasteiger partial charge on any atom is 0.334 e. The molecule has 28 heavy (non-hydrogen) atoms. The Labute approximate surface area is 160 Å². The van der Waals surface area contributed by atoms with Crippen LogP contribution in [0.2, 0.25) is 0 Å². The van der Waals surface area contributed by atoms with Crippen molar-refractivity contribution in [1.82, 2.24) is 10.8 Å². The van der Waals surface area contributed by atoms with Gasteiger partial charge in [0.05, 0.1) is 6.42 Å². The summed E-state index contributed by atoms with van der Waals surface area (Å²) in [5.74, 6) is -1.85. The fraction of sp³-hybridized carbons (Fsp3) is 0.158. The van der Waals surface area contributed by atoms with E-state index in [1.165, 1.54) is 24.3 Å². The summed E-state index contributed by atoms with van der Waals surface area (Å²) >= 11 is 0. The van der Waals surface area contributed by atoms with Gasteiger partial charge in [-0.1, -0.05) is 30.3 Å². The monoisotopic (exact) mass is 381 g/mol. The maximum absolute atomic E-state index is 12.2. The highest BCUT2D eigenvalue weighted by Crippen LogP contribution is 2.19. The minimum atomic E-state index is -0.817. The molecule has 2 amide bonds. The molecule has 2 aromatic carbocycles. The molecule has 6 N–H and O–H groups in total. The Bertz CT molecular complexity index is 926. The Morgan fingerprint density at radius 2 is 1.82 bits per heavy atom. The molecule has 0 aliphatic carbocycles. The van der Waals surface area contributed by atoms with E-state index in [9.17, 15) is 14.4 Å². The lowest BCUT2D eigenvalue weighted by Gasteiger charge is -2.15. The molecule has 1 aliphatic rings. The molecular weight excluding hydrogens is 362 g/mol. The van der Waals surface area contributed by atoms with Crippen molar-refractivity contribution in [2.75, 3.05) is 5.32 Å². The van der Waals surface area contributed by atoms with Crippen LogP contribution in [0.1, 0.15) is 27.9 Å². The summed E-state index contributed by atoms with van der Waals surface area (Å²) in [6.07, 6.45) is -0.260. The Morgan fingerprint density at radius 3 is 2.54 bits per heavy atom. The van der Waals surface area contributed by atoms with E-state index in [1.807, 2.05) is 24.3 Å². The smallest absolute Gasteiger partial charge is 0.334 e. The second kappa shape index (κ2) is 8.21. The zero-order valence-corrected chi connectivity index (χ0v) is 14.8. The van der Waals surface area contributed by atoms with Gasteiger partial charge < -0.3 is 21.2 Å². The van der Waals surface area contributed by atoms with Gasteiger partial charge in [-0.3, -0.25) is 15.0 Å². The van der Waals surface area contributed by atoms with E-state index in [1.54, 1.807) is 0 Å². The molecule has 0 saturated heterocycles. The molecule has 1 aliphatic heterocycles. The lowest BCUT2D eigenvalue weighted by Crippen LogP contribution is -2.40. The molecule has 0 fully saturated rings. The molecule has 9 heteroatoms. The Kier molecular flexibility index (Phi) is 5.54. The average molecular weight is 381 g/mol. The van der Waals surface area contributed by atoms with Crippen LogP contribution >= 0.6 is 0 Å². The van der Waals surface area contributed by atoms with E-state index in [-0.39, 0.29) is 23.7 Å². The standard InChI is InChI=1S/C19H19N5O4/c20-17(21)11-5-7-12(8-6-11)18(26)24-28-16(25)9-15-19(27)22-10-13-3-1-2-4-14(13)23-15/h1-8,15,23H,9-10H2,(H3,20,21)(H,22,27)(H,24,26). The topological polar surface area (TPSA) is 146 Å². The molecule has 1 unspecified atom stereocenters. The lowest BCUT2D eigenvalue weighted by atomic mass is 10.1. The summed E-state index contributed by atoms with van der Waals surface area (Å²) in [5, 5.41) is 13.1. The lowest BCUT2D eigenvalue weighted by molar-refractivity contribution is -0.150. The molecule has 0 bridgehead atoms.